The second-order valence-electron chi connectivity index (χ2n) is 3.51. The van der Waals surface area contributed by atoms with E-state index in [2.05, 4.69) is 15.3 Å². The number of hydrogen-bond acceptors (Lipinski definition) is 4. The van der Waals surface area contributed by atoms with Crippen LogP contribution in [0, 0.1) is 6.92 Å². The molecule has 4 heteroatoms. The Balaban J connectivity index is 2.36. The molecule has 14 heavy (non-hydrogen) atoms. The molecule has 0 amide bonds. The maximum atomic E-state index is 5.03. The van der Waals surface area contributed by atoms with Crippen molar-refractivity contribution in [2.75, 3.05) is 13.7 Å². The van der Waals surface area contributed by atoms with E-state index in [1.807, 2.05) is 6.92 Å². The molecular weight excluding hydrogens is 178 g/mol. The van der Waals surface area contributed by atoms with E-state index in [1.54, 1.807) is 7.11 Å². The zero-order chi connectivity index (χ0) is 9.97. The third-order valence-electron chi connectivity index (χ3n) is 2.46. The standard InChI is InChI=1S/C10H15N3O/c1-7-8-3-4-11-5-9(8)13-10(12-7)6-14-2/h11H,3-6H2,1-2H3. The highest BCUT2D eigenvalue weighted by atomic mass is 16.5. The highest BCUT2D eigenvalue weighted by Gasteiger charge is 2.14. The van der Waals surface area contributed by atoms with Gasteiger partial charge in [0.25, 0.3) is 0 Å². The number of ether oxygens (including phenoxy) is 1. The predicted octanol–water partition coefficient (Wildman–Crippen LogP) is 0.577. The van der Waals surface area contributed by atoms with E-state index in [0.29, 0.717) is 6.61 Å². The lowest BCUT2D eigenvalue weighted by Gasteiger charge is -2.18. The van der Waals surface area contributed by atoms with Crippen molar-refractivity contribution in [1.82, 2.24) is 15.3 Å². The van der Waals surface area contributed by atoms with E-state index < -0.39 is 0 Å². The molecule has 4 nitrogen and oxygen atoms in total. The van der Waals surface area contributed by atoms with Crippen molar-refractivity contribution in [1.29, 1.82) is 0 Å². The summed E-state index contributed by atoms with van der Waals surface area (Å²) in [5.74, 6) is 0.785. The molecule has 1 aromatic rings. The van der Waals surface area contributed by atoms with E-state index in [1.165, 1.54) is 5.56 Å². The van der Waals surface area contributed by atoms with Gasteiger partial charge in [-0.2, -0.15) is 0 Å². The van der Waals surface area contributed by atoms with Gasteiger partial charge in [-0.15, -0.1) is 0 Å². The van der Waals surface area contributed by atoms with Gasteiger partial charge in [-0.1, -0.05) is 0 Å². The van der Waals surface area contributed by atoms with Crippen molar-refractivity contribution in [2.24, 2.45) is 0 Å². The summed E-state index contributed by atoms with van der Waals surface area (Å²) in [5.41, 5.74) is 3.54. The number of aryl methyl sites for hydroxylation is 1. The van der Waals surface area contributed by atoms with E-state index in [0.717, 1.165) is 36.7 Å². The molecule has 1 aliphatic heterocycles. The average molecular weight is 193 g/mol. The minimum absolute atomic E-state index is 0.494. The first-order valence-electron chi connectivity index (χ1n) is 4.86. The molecule has 1 N–H and O–H groups in total. The van der Waals surface area contributed by atoms with E-state index in [4.69, 9.17) is 4.74 Å². The Kier molecular flexibility index (Phi) is 2.74. The molecule has 0 unspecified atom stereocenters. The van der Waals surface area contributed by atoms with Crippen LogP contribution in [0.15, 0.2) is 0 Å². The van der Waals surface area contributed by atoms with Gasteiger partial charge in [0.1, 0.15) is 6.61 Å². The SMILES string of the molecule is COCc1nc(C)c2c(n1)CNCC2. The van der Waals surface area contributed by atoms with Gasteiger partial charge in [-0.05, 0) is 25.5 Å². The van der Waals surface area contributed by atoms with Crippen LogP contribution in [0.25, 0.3) is 0 Å². The Bertz CT molecular complexity index is 338. The van der Waals surface area contributed by atoms with Crippen LogP contribution in [-0.4, -0.2) is 23.6 Å². The second-order valence-corrected chi connectivity index (χ2v) is 3.51. The number of hydrogen-bond donors (Lipinski definition) is 1. The topological polar surface area (TPSA) is 47.0 Å². The van der Waals surface area contributed by atoms with Gasteiger partial charge in [0.2, 0.25) is 0 Å². The first-order valence-corrected chi connectivity index (χ1v) is 4.86. The maximum absolute atomic E-state index is 5.03. The Labute approximate surface area is 83.7 Å². The van der Waals surface area contributed by atoms with Gasteiger partial charge in [0.05, 0.1) is 5.69 Å². The van der Waals surface area contributed by atoms with Crippen molar-refractivity contribution >= 4 is 0 Å². The summed E-state index contributed by atoms with van der Waals surface area (Å²) in [6, 6.07) is 0. The fraction of sp³-hybridized carbons (Fsp3) is 0.600. The predicted molar refractivity (Wildman–Crippen MR) is 52.9 cm³/mol. The monoisotopic (exact) mass is 193 g/mol. The van der Waals surface area contributed by atoms with Crippen LogP contribution in [-0.2, 0) is 24.3 Å². The van der Waals surface area contributed by atoms with Crippen LogP contribution < -0.4 is 5.32 Å². The smallest absolute Gasteiger partial charge is 0.154 e. The van der Waals surface area contributed by atoms with Gasteiger partial charge < -0.3 is 10.1 Å². The van der Waals surface area contributed by atoms with Crippen LogP contribution in [0.2, 0.25) is 0 Å². The lowest BCUT2D eigenvalue weighted by Crippen LogP contribution is -2.26. The lowest BCUT2D eigenvalue weighted by molar-refractivity contribution is 0.177. The molecule has 0 radical (unpaired) electrons. The van der Waals surface area contributed by atoms with E-state index in [-0.39, 0.29) is 0 Å². The quantitative estimate of drug-likeness (QED) is 0.746. The van der Waals surface area contributed by atoms with Gasteiger partial charge in [0, 0.05) is 19.3 Å². The zero-order valence-electron chi connectivity index (χ0n) is 8.63. The number of nitrogens with zero attached hydrogens (tertiary/aromatic N) is 2. The number of methoxy groups -OCH3 is 1. The summed E-state index contributed by atoms with van der Waals surface area (Å²) in [6.07, 6.45) is 1.04. The van der Waals surface area contributed by atoms with E-state index in [9.17, 15) is 0 Å². The van der Waals surface area contributed by atoms with Gasteiger partial charge in [-0.25, -0.2) is 9.97 Å². The third-order valence-corrected chi connectivity index (χ3v) is 2.46. The van der Waals surface area contributed by atoms with Crippen molar-refractivity contribution in [3.05, 3.63) is 22.8 Å². The zero-order valence-corrected chi connectivity index (χ0v) is 8.63. The summed E-state index contributed by atoms with van der Waals surface area (Å²) in [6.45, 7) is 4.43. The number of fused-ring (bicyclic) bond motifs is 1. The van der Waals surface area contributed by atoms with Crippen LogP contribution in [0.5, 0.6) is 0 Å². The molecule has 2 rings (SSSR count). The molecule has 0 saturated carbocycles. The summed E-state index contributed by atoms with van der Waals surface area (Å²) in [4.78, 5) is 8.88. The first kappa shape index (κ1) is 9.55. The number of nitrogens with one attached hydrogen (secondary N) is 1. The minimum Gasteiger partial charge on any atom is -0.377 e. The molecule has 0 bridgehead atoms. The molecule has 0 atom stereocenters. The summed E-state index contributed by atoms with van der Waals surface area (Å²) in [5, 5.41) is 3.31. The molecule has 0 aliphatic carbocycles. The minimum atomic E-state index is 0.494. The largest absolute Gasteiger partial charge is 0.377 e. The van der Waals surface area contributed by atoms with Gasteiger partial charge in [0.15, 0.2) is 5.82 Å². The average Bonchev–Trinajstić information content (AvgIpc) is 2.18. The van der Waals surface area contributed by atoms with Crippen LogP contribution >= 0.6 is 0 Å². The molecular formula is C10H15N3O. The molecule has 0 spiro atoms. The Morgan fingerprint density at radius 1 is 1.43 bits per heavy atom. The van der Waals surface area contributed by atoms with Crippen LogP contribution in [0.1, 0.15) is 22.8 Å². The van der Waals surface area contributed by atoms with Crippen molar-refractivity contribution in [3.8, 4) is 0 Å². The highest BCUT2D eigenvalue weighted by molar-refractivity contribution is 5.27. The van der Waals surface area contributed by atoms with Gasteiger partial charge >= 0.3 is 0 Å². The molecule has 0 aromatic carbocycles. The third kappa shape index (κ3) is 1.76. The summed E-state index contributed by atoms with van der Waals surface area (Å²) >= 11 is 0. The Morgan fingerprint density at radius 2 is 2.29 bits per heavy atom. The fourth-order valence-corrected chi connectivity index (χ4v) is 1.80. The Hall–Kier alpha value is -1.00. The molecule has 1 aromatic heterocycles. The van der Waals surface area contributed by atoms with Crippen molar-refractivity contribution in [2.45, 2.75) is 26.5 Å². The van der Waals surface area contributed by atoms with Crippen molar-refractivity contribution < 1.29 is 4.74 Å². The second kappa shape index (κ2) is 4.02. The highest BCUT2D eigenvalue weighted by Crippen LogP contribution is 2.14. The van der Waals surface area contributed by atoms with Crippen molar-refractivity contribution in [3.63, 3.8) is 0 Å². The van der Waals surface area contributed by atoms with Gasteiger partial charge in [-0.3, -0.25) is 0 Å². The lowest BCUT2D eigenvalue weighted by atomic mass is 10.1. The van der Waals surface area contributed by atoms with Crippen LogP contribution in [0.4, 0.5) is 0 Å². The fourth-order valence-electron chi connectivity index (χ4n) is 1.80. The normalized spacial score (nSPS) is 15.3. The number of rotatable bonds is 2. The summed E-state index contributed by atoms with van der Waals surface area (Å²) in [7, 11) is 1.66. The van der Waals surface area contributed by atoms with Crippen LogP contribution in [0.3, 0.4) is 0 Å². The maximum Gasteiger partial charge on any atom is 0.154 e. The molecule has 2 heterocycles. The molecule has 1 aliphatic rings. The van der Waals surface area contributed by atoms with E-state index >= 15 is 0 Å². The first-order chi connectivity index (χ1) is 6.81. The molecule has 0 fully saturated rings. The molecule has 0 saturated heterocycles. The Morgan fingerprint density at radius 3 is 3.07 bits per heavy atom. The molecule has 76 valence electrons. The number of aromatic nitrogens is 2. The summed E-state index contributed by atoms with van der Waals surface area (Å²) < 4.78 is 5.03.